The van der Waals surface area contributed by atoms with E-state index in [4.69, 9.17) is 4.74 Å². The molecule has 0 aromatic heterocycles. The van der Waals surface area contributed by atoms with Crippen molar-refractivity contribution >= 4 is 50.7 Å². The van der Waals surface area contributed by atoms with Gasteiger partial charge in [-0.1, -0.05) is 18.2 Å². The lowest BCUT2D eigenvalue weighted by atomic mass is 10.2. The van der Waals surface area contributed by atoms with Crippen LogP contribution in [0.15, 0.2) is 56.8 Å². The molecule has 0 atom stereocenters. The average Bonchev–Trinajstić information content (AvgIpc) is 2.92. The van der Waals surface area contributed by atoms with Crippen molar-refractivity contribution in [3.8, 4) is 5.75 Å². The molecule has 27 heavy (non-hydrogen) atoms. The van der Waals surface area contributed by atoms with Crippen molar-refractivity contribution in [1.82, 2.24) is 5.32 Å². The van der Waals surface area contributed by atoms with Gasteiger partial charge in [-0.15, -0.1) is 0 Å². The van der Waals surface area contributed by atoms with E-state index < -0.39 is 5.91 Å². The summed E-state index contributed by atoms with van der Waals surface area (Å²) in [5.41, 5.74) is 1.50. The molecule has 1 N–H and O–H groups in total. The normalized spacial score (nSPS) is 15.0. The molecule has 0 unspecified atom stereocenters. The van der Waals surface area contributed by atoms with Gasteiger partial charge in [0, 0.05) is 6.92 Å². The Labute approximate surface area is 167 Å². The Morgan fingerprint density at radius 3 is 2.85 bits per heavy atom. The van der Waals surface area contributed by atoms with E-state index in [9.17, 15) is 14.0 Å². The smallest absolute Gasteiger partial charge is 0.286 e. The quantitative estimate of drug-likeness (QED) is 0.708. The summed E-state index contributed by atoms with van der Waals surface area (Å²) in [6, 6.07) is 11.6. The Hall–Kier alpha value is -2.45. The van der Waals surface area contributed by atoms with E-state index in [1.807, 2.05) is 0 Å². The van der Waals surface area contributed by atoms with Crippen LogP contribution in [0.4, 0.5) is 4.39 Å². The van der Waals surface area contributed by atoms with Crippen molar-refractivity contribution in [1.29, 1.82) is 0 Å². The molecule has 0 saturated carbocycles. The van der Waals surface area contributed by atoms with Crippen LogP contribution in [0.25, 0.3) is 6.08 Å². The second-order valence-electron chi connectivity index (χ2n) is 5.62. The number of thioether (sulfide) groups is 1. The maximum Gasteiger partial charge on any atom is 0.286 e. The standard InChI is InChI=1S/C19H14BrFN2O3S/c1-11(24)22-19-23-18(25)17(27-19)9-12-5-6-16(15(20)8-12)26-10-13-3-2-4-14(21)7-13/h2-9H,10H2,1H3,(H,22,23,24,25)/b17-9-. The van der Waals surface area contributed by atoms with Crippen LogP contribution in [0, 0.1) is 5.82 Å². The molecule has 1 aliphatic rings. The monoisotopic (exact) mass is 448 g/mol. The first-order valence-corrected chi connectivity index (χ1v) is 9.48. The average molecular weight is 449 g/mol. The highest BCUT2D eigenvalue weighted by Gasteiger charge is 2.22. The highest BCUT2D eigenvalue weighted by atomic mass is 79.9. The number of carbonyl (C=O) groups excluding carboxylic acids is 2. The van der Waals surface area contributed by atoms with E-state index in [0.717, 1.165) is 22.9 Å². The van der Waals surface area contributed by atoms with Crippen LogP contribution >= 0.6 is 27.7 Å². The van der Waals surface area contributed by atoms with Gasteiger partial charge in [-0.2, -0.15) is 4.99 Å². The largest absolute Gasteiger partial charge is 0.488 e. The molecule has 1 aliphatic heterocycles. The maximum absolute atomic E-state index is 13.2. The molecule has 0 aliphatic carbocycles. The number of nitrogens with zero attached hydrogens (tertiary/aromatic N) is 1. The predicted octanol–water partition coefficient (Wildman–Crippen LogP) is 4.27. The lowest BCUT2D eigenvalue weighted by molar-refractivity contribution is -0.117. The SMILES string of the molecule is CC(=O)NC1=NC(=O)/C(=C/c2ccc(OCc3cccc(F)c3)c(Br)c2)S1. The topological polar surface area (TPSA) is 67.8 Å². The van der Waals surface area contributed by atoms with Gasteiger partial charge in [-0.3, -0.25) is 9.59 Å². The van der Waals surface area contributed by atoms with Crippen LogP contribution in [0.3, 0.4) is 0 Å². The number of carbonyl (C=O) groups is 2. The Morgan fingerprint density at radius 1 is 1.33 bits per heavy atom. The van der Waals surface area contributed by atoms with Gasteiger partial charge in [-0.05, 0) is 69.2 Å². The van der Waals surface area contributed by atoms with Crippen LogP contribution in [0.2, 0.25) is 0 Å². The number of rotatable bonds is 4. The van der Waals surface area contributed by atoms with Crippen LogP contribution in [-0.2, 0) is 16.2 Å². The molecule has 2 aromatic rings. The molecule has 0 radical (unpaired) electrons. The Kier molecular flexibility index (Phi) is 6.08. The first-order valence-electron chi connectivity index (χ1n) is 7.87. The van der Waals surface area contributed by atoms with E-state index in [1.54, 1.807) is 36.4 Å². The molecule has 138 valence electrons. The number of amides is 2. The number of amidine groups is 1. The molecule has 0 spiro atoms. The fourth-order valence-corrected chi connectivity index (χ4v) is 3.65. The second-order valence-corrected chi connectivity index (χ2v) is 7.51. The second kappa shape index (κ2) is 8.49. The van der Waals surface area contributed by atoms with Crippen LogP contribution in [-0.4, -0.2) is 17.0 Å². The minimum Gasteiger partial charge on any atom is -0.488 e. The number of halogens is 2. The summed E-state index contributed by atoms with van der Waals surface area (Å²) >= 11 is 4.55. The summed E-state index contributed by atoms with van der Waals surface area (Å²) < 4.78 is 19.6. The summed E-state index contributed by atoms with van der Waals surface area (Å²) in [7, 11) is 0. The lowest BCUT2D eigenvalue weighted by Gasteiger charge is -2.09. The summed E-state index contributed by atoms with van der Waals surface area (Å²) in [4.78, 5) is 27.2. The zero-order valence-corrected chi connectivity index (χ0v) is 16.6. The predicted molar refractivity (Wildman–Crippen MR) is 107 cm³/mol. The van der Waals surface area contributed by atoms with Crippen molar-refractivity contribution in [3.05, 3.63) is 68.8 Å². The molecule has 2 aromatic carbocycles. The molecule has 5 nitrogen and oxygen atoms in total. The third-order valence-corrected chi connectivity index (χ3v) is 4.96. The Morgan fingerprint density at radius 2 is 2.15 bits per heavy atom. The van der Waals surface area contributed by atoms with Gasteiger partial charge < -0.3 is 10.1 Å². The van der Waals surface area contributed by atoms with E-state index in [2.05, 4.69) is 26.2 Å². The number of hydrogen-bond donors (Lipinski definition) is 1. The molecular formula is C19H14BrFN2O3S. The van der Waals surface area contributed by atoms with Gasteiger partial charge in [0.25, 0.3) is 5.91 Å². The van der Waals surface area contributed by atoms with Crippen LogP contribution < -0.4 is 10.1 Å². The molecule has 0 fully saturated rings. The number of nitrogens with one attached hydrogen (secondary N) is 1. The van der Waals surface area contributed by atoms with Crippen molar-refractivity contribution in [2.75, 3.05) is 0 Å². The van der Waals surface area contributed by atoms with Crippen LogP contribution in [0.5, 0.6) is 5.75 Å². The summed E-state index contributed by atoms with van der Waals surface area (Å²) in [5, 5.41) is 2.77. The van der Waals surface area contributed by atoms with Gasteiger partial charge >= 0.3 is 0 Å². The molecule has 3 rings (SSSR count). The van der Waals surface area contributed by atoms with Crippen molar-refractivity contribution < 1.29 is 18.7 Å². The van der Waals surface area contributed by atoms with E-state index in [0.29, 0.717) is 15.1 Å². The van der Waals surface area contributed by atoms with Gasteiger partial charge in [0.05, 0.1) is 9.38 Å². The first kappa shape index (κ1) is 19.3. The molecule has 0 saturated heterocycles. The minimum atomic E-state index is -0.397. The third-order valence-electron chi connectivity index (χ3n) is 3.44. The number of aliphatic imine (C=N–C) groups is 1. The maximum atomic E-state index is 13.2. The molecule has 8 heteroatoms. The molecule has 0 bridgehead atoms. The summed E-state index contributed by atoms with van der Waals surface area (Å²) in [6.45, 7) is 1.59. The number of benzene rings is 2. The zero-order chi connectivity index (χ0) is 19.4. The molecule has 2 amide bonds. The van der Waals surface area contributed by atoms with Gasteiger partial charge in [0.1, 0.15) is 18.2 Å². The van der Waals surface area contributed by atoms with E-state index >= 15 is 0 Å². The fraction of sp³-hybridized carbons (Fsp3) is 0.105. The van der Waals surface area contributed by atoms with Crippen LogP contribution in [0.1, 0.15) is 18.1 Å². The molecule has 1 heterocycles. The van der Waals surface area contributed by atoms with E-state index in [-0.39, 0.29) is 23.5 Å². The minimum absolute atomic E-state index is 0.235. The first-order chi connectivity index (χ1) is 12.9. The van der Waals surface area contributed by atoms with Crippen molar-refractivity contribution in [3.63, 3.8) is 0 Å². The zero-order valence-electron chi connectivity index (χ0n) is 14.2. The van der Waals surface area contributed by atoms with E-state index in [1.165, 1.54) is 19.1 Å². The van der Waals surface area contributed by atoms with Gasteiger partial charge in [0.15, 0.2) is 5.17 Å². The molecular weight excluding hydrogens is 435 g/mol. The highest BCUT2D eigenvalue weighted by Crippen LogP contribution is 2.31. The van der Waals surface area contributed by atoms with Crippen molar-refractivity contribution in [2.45, 2.75) is 13.5 Å². The number of hydrogen-bond acceptors (Lipinski definition) is 4. The number of ether oxygens (including phenoxy) is 1. The highest BCUT2D eigenvalue weighted by molar-refractivity contribution is 9.10. The summed E-state index contributed by atoms with van der Waals surface area (Å²) in [6.07, 6.45) is 1.69. The third kappa shape index (κ3) is 5.27. The van der Waals surface area contributed by atoms with Gasteiger partial charge in [0.2, 0.25) is 5.91 Å². The van der Waals surface area contributed by atoms with Gasteiger partial charge in [-0.25, -0.2) is 4.39 Å². The fourth-order valence-electron chi connectivity index (χ4n) is 2.28. The summed E-state index contributed by atoms with van der Waals surface area (Å²) in [5.74, 6) is -0.386. The lowest BCUT2D eigenvalue weighted by Crippen LogP contribution is -2.23. The van der Waals surface area contributed by atoms with Crippen molar-refractivity contribution in [2.24, 2.45) is 4.99 Å². The Bertz CT molecular complexity index is 975. The Balaban J connectivity index is 1.68.